The van der Waals surface area contributed by atoms with Crippen LogP contribution in [0.15, 0.2) is 251 Å². The molecule has 0 bridgehead atoms. The highest BCUT2D eigenvalue weighted by Gasteiger charge is 2.50. The molecule has 12 aromatic rings. The topological polar surface area (TPSA) is 53.1 Å². The van der Waals surface area contributed by atoms with Gasteiger partial charge in [0.15, 0.2) is 0 Å². The van der Waals surface area contributed by atoms with E-state index in [2.05, 4.69) is 136 Å². The van der Waals surface area contributed by atoms with Crippen LogP contribution in [0, 0.1) is 0 Å². The molecule has 0 radical (unpaired) electrons. The molecule has 3 heterocycles. The van der Waals surface area contributed by atoms with Crippen molar-refractivity contribution in [1.82, 2.24) is 0 Å². The normalized spacial score (nSPS) is 14.6. The molecule has 10 aromatic carbocycles. The molecule has 0 saturated heterocycles. The molecular formula is C60H40N3O3P. The molecule has 1 aliphatic rings. The summed E-state index contributed by atoms with van der Waals surface area (Å²) in [6, 6.07) is 83.1. The summed E-state index contributed by atoms with van der Waals surface area (Å²) in [5.41, 5.74) is 13.9. The smallest absolute Gasteiger partial charge is 0.302 e. The van der Waals surface area contributed by atoms with Crippen LogP contribution in [-0.2, 0) is 4.57 Å². The Kier molecular flexibility index (Phi) is 9.02. The Morgan fingerprint density at radius 2 is 0.806 bits per heavy atom. The first-order valence-corrected chi connectivity index (χ1v) is 24.1. The van der Waals surface area contributed by atoms with Crippen LogP contribution < -0.4 is 19.5 Å². The van der Waals surface area contributed by atoms with Crippen LogP contribution in [0.2, 0.25) is 0 Å². The second-order valence-corrected chi connectivity index (χ2v) is 19.2. The minimum atomic E-state index is -3.75. The lowest BCUT2D eigenvalue weighted by Gasteiger charge is -2.33. The van der Waals surface area contributed by atoms with Crippen molar-refractivity contribution in [3.05, 3.63) is 243 Å². The molecule has 7 heteroatoms. The lowest BCUT2D eigenvalue weighted by molar-refractivity contribution is 0.582. The number of rotatable bonds is 8. The van der Waals surface area contributed by atoms with Crippen LogP contribution in [0.3, 0.4) is 0 Å². The zero-order chi connectivity index (χ0) is 44.5. The van der Waals surface area contributed by atoms with E-state index in [4.69, 9.17) is 8.83 Å². The van der Waals surface area contributed by atoms with Crippen molar-refractivity contribution in [2.75, 3.05) is 14.2 Å². The Morgan fingerprint density at radius 1 is 0.358 bits per heavy atom. The van der Waals surface area contributed by atoms with Gasteiger partial charge in [-0.2, -0.15) is 0 Å². The maximum Gasteiger partial charge on any atom is 0.302 e. The third-order valence-electron chi connectivity index (χ3n) is 13.0. The van der Waals surface area contributed by atoms with Gasteiger partial charge in [0.25, 0.3) is 0 Å². The zero-order valence-electron chi connectivity index (χ0n) is 36.1. The Hall–Kier alpha value is -8.57. The van der Waals surface area contributed by atoms with Crippen molar-refractivity contribution in [2.24, 2.45) is 0 Å². The predicted molar refractivity (Wildman–Crippen MR) is 277 cm³/mol. The maximum atomic E-state index is 17.0. The molecule has 6 nitrogen and oxygen atoms in total. The van der Waals surface area contributed by atoms with E-state index in [0.29, 0.717) is 10.9 Å². The number of benzene rings is 10. The average molecular weight is 882 g/mol. The summed E-state index contributed by atoms with van der Waals surface area (Å²) >= 11 is 0. The van der Waals surface area contributed by atoms with Gasteiger partial charge in [-0.3, -0.25) is 13.9 Å². The van der Waals surface area contributed by atoms with Crippen molar-refractivity contribution in [1.29, 1.82) is 0 Å². The van der Waals surface area contributed by atoms with E-state index in [0.717, 1.165) is 94.8 Å². The number of anilines is 7. The van der Waals surface area contributed by atoms with E-state index < -0.39 is 7.44 Å². The predicted octanol–water partition coefficient (Wildman–Crippen LogP) is 17.1. The summed E-state index contributed by atoms with van der Waals surface area (Å²) in [5, 5.41) is 4.61. The highest BCUT2D eigenvalue weighted by molar-refractivity contribution is 7.76. The van der Waals surface area contributed by atoms with Crippen molar-refractivity contribution in [3.63, 3.8) is 0 Å². The molecule has 0 saturated carbocycles. The summed E-state index contributed by atoms with van der Waals surface area (Å²) in [6.45, 7) is 0. The summed E-state index contributed by atoms with van der Waals surface area (Å²) in [5.74, 6) is 0. The molecule has 1 unspecified atom stereocenters. The molecule has 318 valence electrons. The minimum absolute atomic E-state index is 0.699. The highest BCUT2D eigenvalue weighted by atomic mass is 31.2. The van der Waals surface area contributed by atoms with E-state index in [1.54, 1.807) is 0 Å². The van der Waals surface area contributed by atoms with E-state index >= 15 is 4.57 Å². The second kappa shape index (κ2) is 15.6. The fraction of sp³-hybridized carbons (Fsp3) is 0. The van der Waals surface area contributed by atoms with Crippen molar-refractivity contribution in [3.8, 4) is 22.3 Å². The van der Waals surface area contributed by atoms with E-state index in [1.807, 2.05) is 121 Å². The first-order valence-electron chi connectivity index (χ1n) is 22.4. The van der Waals surface area contributed by atoms with Gasteiger partial charge in [-0.1, -0.05) is 146 Å². The Morgan fingerprint density at radius 3 is 1.42 bits per heavy atom. The number of para-hydroxylation sites is 4. The molecule has 67 heavy (non-hydrogen) atoms. The zero-order valence-corrected chi connectivity index (χ0v) is 37.0. The highest BCUT2D eigenvalue weighted by Crippen LogP contribution is 2.71. The fourth-order valence-electron chi connectivity index (χ4n) is 9.98. The Bertz CT molecular complexity index is 3850. The van der Waals surface area contributed by atoms with Gasteiger partial charge in [0, 0.05) is 38.9 Å². The summed E-state index contributed by atoms with van der Waals surface area (Å²) in [6.07, 6.45) is 0. The average Bonchev–Trinajstić information content (AvgIpc) is 4.05. The van der Waals surface area contributed by atoms with Gasteiger partial charge in [-0.25, -0.2) is 0 Å². The van der Waals surface area contributed by atoms with Gasteiger partial charge < -0.3 is 13.7 Å². The van der Waals surface area contributed by atoms with E-state index in [9.17, 15) is 0 Å². The molecule has 1 aliphatic heterocycles. The maximum absolute atomic E-state index is 17.0. The third-order valence-corrected chi connectivity index (χ3v) is 16.0. The number of hydrogen-bond acceptors (Lipinski definition) is 4. The molecule has 0 N–H and O–H groups in total. The monoisotopic (exact) mass is 881 g/mol. The number of nitrogens with zero attached hydrogens (tertiary/aromatic N) is 3. The van der Waals surface area contributed by atoms with Gasteiger partial charge in [0.1, 0.15) is 22.3 Å². The molecule has 13 rings (SSSR count). The van der Waals surface area contributed by atoms with Gasteiger partial charge in [0.2, 0.25) is 0 Å². The molecule has 0 aliphatic carbocycles. The van der Waals surface area contributed by atoms with Crippen LogP contribution in [0.25, 0.3) is 66.1 Å². The third kappa shape index (κ3) is 6.22. The molecule has 2 aromatic heterocycles. The van der Waals surface area contributed by atoms with E-state index in [-0.39, 0.29) is 0 Å². The minimum Gasteiger partial charge on any atom is -0.456 e. The molecule has 0 fully saturated rings. The van der Waals surface area contributed by atoms with Crippen LogP contribution in [0.5, 0.6) is 0 Å². The molecular weight excluding hydrogens is 842 g/mol. The van der Waals surface area contributed by atoms with Gasteiger partial charge in [-0.05, 0) is 119 Å². The largest absolute Gasteiger partial charge is 0.456 e. The second-order valence-electron chi connectivity index (χ2n) is 16.8. The van der Waals surface area contributed by atoms with Crippen molar-refractivity contribution >= 4 is 96.4 Å². The van der Waals surface area contributed by atoms with Crippen molar-refractivity contribution < 1.29 is 13.4 Å². The SMILES string of the molecule is O=P1(c2cccc3oc4ccccc4c23)N(c2ccccc2)c2ccc(-c3ccc(N(c4ccc(-c5ccccc5)cc4)c4cccc5oc6ccccc6c45)cc3)cc2N1c1ccccc1. The lowest BCUT2D eigenvalue weighted by Crippen LogP contribution is -2.27. The lowest BCUT2D eigenvalue weighted by atomic mass is 10.0. The quantitative estimate of drug-likeness (QED) is 0.142. The summed E-state index contributed by atoms with van der Waals surface area (Å²) < 4.78 is 33.9. The molecule has 0 amide bonds. The number of fused-ring (bicyclic) bond motifs is 7. The first-order chi connectivity index (χ1) is 33.1. The first kappa shape index (κ1) is 38.9. The van der Waals surface area contributed by atoms with Crippen molar-refractivity contribution in [2.45, 2.75) is 0 Å². The van der Waals surface area contributed by atoms with Gasteiger partial charge >= 0.3 is 7.44 Å². The van der Waals surface area contributed by atoms with Crippen LogP contribution in [0.4, 0.5) is 39.8 Å². The van der Waals surface area contributed by atoms with Gasteiger partial charge in [0.05, 0.1) is 27.8 Å². The number of hydrogen-bond donors (Lipinski definition) is 0. The molecule has 1 atom stereocenters. The Labute approximate surface area is 387 Å². The fourth-order valence-corrected chi connectivity index (χ4v) is 13.2. The summed E-state index contributed by atoms with van der Waals surface area (Å²) in [4.78, 5) is 2.32. The van der Waals surface area contributed by atoms with Crippen LogP contribution >= 0.6 is 7.44 Å². The van der Waals surface area contributed by atoms with Gasteiger partial charge in [-0.15, -0.1) is 0 Å². The summed E-state index contributed by atoms with van der Waals surface area (Å²) in [7, 11) is -3.75. The number of furan rings is 2. The van der Waals surface area contributed by atoms with Crippen LogP contribution in [-0.4, -0.2) is 0 Å². The Balaban J connectivity index is 0.968. The van der Waals surface area contributed by atoms with E-state index in [1.165, 1.54) is 5.56 Å². The van der Waals surface area contributed by atoms with Crippen LogP contribution in [0.1, 0.15) is 0 Å². The standard InChI is InChI=1S/C60H40N3O3P/c64-67(58-29-15-28-57-60(58)50-23-11-13-26-55(50)66-57)62(47-18-6-2-7-19-47)51-39-34-44(40-53(51)63(67)48-20-8-3-9-21-48)43-32-37-46(38-33-43)61(45-35-30-42(31-36-45)41-16-4-1-5-17-41)52-24-14-27-56-59(52)49-22-10-12-25-54(49)65-56/h1-40H. The molecule has 0 spiro atoms.